The molecule has 0 N–H and O–H groups in total. The van der Waals surface area contributed by atoms with Crippen LogP contribution in [-0.2, 0) is 9.53 Å². The first-order chi connectivity index (χ1) is 11.7. The number of nitrogens with zero attached hydrogens (tertiary/aromatic N) is 2. The van der Waals surface area contributed by atoms with E-state index in [0.717, 1.165) is 12.8 Å². The lowest BCUT2D eigenvalue weighted by Crippen LogP contribution is -2.38. The molecule has 0 unspecified atom stereocenters. The van der Waals surface area contributed by atoms with Crippen LogP contribution in [0.25, 0.3) is 0 Å². The summed E-state index contributed by atoms with van der Waals surface area (Å²) in [5, 5.41) is 11.7. The predicted octanol–water partition coefficient (Wildman–Crippen LogP) is 1.84. The van der Waals surface area contributed by atoms with Gasteiger partial charge in [0.2, 0.25) is 6.10 Å². The Hall–Kier alpha value is -2.89. The van der Waals surface area contributed by atoms with Crippen LogP contribution in [0.3, 0.4) is 0 Å². The van der Waals surface area contributed by atoms with Crippen molar-refractivity contribution in [2.75, 3.05) is 13.1 Å². The molecule has 0 saturated carbocycles. The van der Waals surface area contributed by atoms with E-state index in [-0.39, 0.29) is 11.6 Å². The molecule has 0 spiro atoms. The van der Waals surface area contributed by atoms with Crippen molar-refractivity contribution in [3.63, 3.8) is 0 Å². The standard InChI is InChI=1S/C18H18N2O4/c21-17(19-11-6-7-12-19)16(14-8-2-1-3-9-14)24-18(22)15-10-4-5-13-20(15)23/h1-5,8-10,13,16H,6-7,11-12H2/t16-/m0/s1. The summed E-state index contributed by atoms with van der Waals surface area (Å²) >= 11 is 0. The lowest BCUT2D eigenvalue weighted by Gasteiger charge is -2.23. The lowest BCUT2D eigenvalue weighted by atomic mass is 10.1. The summed E-state index contributed by atoms with van der Waals surface area (Å²) in [4.78, 5) is 26.8. The molecule has 24 heavy (non-hydrogen) atoms. The number of benzene rings is 1. The number of ether oxygens (including phenoxy) is 1. The average Bonchev–Trinajstić information content (AvgIpc) is 3.15. The number of carbonyl (C=O) groups is 2. The number of pyridine rings is 1. The van der Waals surface area contributed by atoms with E-state index in [1.807, 2.05) is 6.07 Å². The van der Waals surface area contributed by atoms with Crippen molar-refractivity contribution in [2.24, 2.45) is 0 Å². The minimum atomic E-state index is -1.04. The highest BCUT2D eigenvalue weighted by atomic mass is 16.6. The molecule has 1 atom stereocenters. The van der Waals surface area contributed by atoms with Crippen LogP contribution in [0.15, 0.2) is 54.7 Å². The molecule has 1 fully saturated rings. The molecule has 1 saturated heterocycles. The van der Waals surface area contributed by atoms with E-state index in [1.165, 1.54) is 18.3 Å². The van der Waals surface area contributed by atoms with Crippen molar-refractivity contribution < 1.29 is 19.1 Å². The molecule has 1 aromatic heterocycles. The molecule has 1 aromatic carbocycles. The van der Waals surface area contributed by atoms with Gasteiger partial charge in [0.1, 0.15) is 0 Å². The van der Waals surface area contributed by atoms with Crippen LogP contribution in [0.2, 0.25) is 0 Å². The van der Waals surface area contributed by atoms with Gasteiger partial charge in [-0.05, 0) is 18.9 Å². The molecule has 1 aliphatic heterocycles. The molecule has 3 rings (SSSR count). The topological polar surface area (TPSA) is 73.6 Å². The third-order valence-corrected chi connectivity index (χ3v) is 4.00. The second-order valence-electron chi connectivity index (χ2n) is 5.64. The van der Waals surface area contributed by atoms with Crippen LogP contribution in [0.5, 0.6) is 0 Å². The normalized spacial score (nSPS) is 15.1. The van der Waals surface area contributed by atoms with Crippen molar-refractivity contribution in [3.8, 4) is 0 Å². The molecule has 1 aliphatic rings. The van der Waals surface area contributed by atoms with Crippen LogP contribution in [0, 0.1) is 5.21 Å². The highest BCUT2D eigenvalue weighted by Gasteiger charge is 2.32. The second kappa shape index (κ2) is 7.12. The molecule has 0 radical (unpaired) electrons. The maximum atomic E-state index is 12.8. The molecule has 0 aliphatic carbocycles. The van der Waals surface area contributed by atoms with Gasteiger partial charge in [-0.3, -0.25) is 4.79 Å². The SMILES string of the molecule is O=C(O[C@H](C(=O)N1CCCC1)c1ccccc1)c1cccc[n+]1[O-]. The Labute approximate surface area is 139 Å². The maximum absolute atomic E-state index is 12.8. The predicted molar refractivity (Wildman–Crippen MR) is 85.8 cm³/mol. The first kappa shape index (κ1) is 16.0. The fourth-order valence-corrected chi connectivity index (χ4v) is 2.75. The Bertz CT molecular complexity index is 727. The van der Waals surface area contributed by atoms with E-state index in [0.29, 0.717) is 23.4 Å². The summed E-state index contributed by atoms with van der Waals surface area (Å²) in [6.45, 7) is 1.32. The number of hydrogen-bond donors (Lipinski definition) is 0. The Kier molecular flexibility index (Phi) is 4.74. The highest BCUT2D eigenvalue weighted by Crippen LogP contribution is 2.23. The number of likely N-dealkylation sites (tertiary alicyclic amines) is 1. The van der Waals surface area contributed by atoms with Gasteiger partial charge in [-0.2, -0.15) is 4.73 Å². The van der Waals surface area contributed by atoms with Gasteiger partial charge < -0.3 is 14.8 Å². The van der Waals surface area contributed by atoms with Crippen molar-refractivity contribution in [1.82, 2.24) is 4.90 Å². The summed E-state index contributed by atoms with van der Waals surface area (Å²) in [5.41, 5.74) is 0.448. The molecule has 6 heteroatoms. The second-order valence-corrected chi connectivity index (χ2v) is 5.64. The number of carbonyl (C=O) groups excluding carboxylic acids is 2. The fraction of sp³-hybridized carbons (Fsp3) is 0.278. The molecular formula is C18H18N2O4. The van der Waals surface area contributed by atoms with Gasteiger partial charge in [0.15, 0.2) is 6.20 Å². The molecule has 2 heterocycles. The highest BCUT2D eigenvalue weighted by molar-refractivity contribution is 5.90. The van der Waals surface area contributed by atoms with Gasteiger partial charge in [-0.1, -0.05) is 30.3 Å². The minimum absolute atomic E-state index is 0.146. The van der Waals surface area contributed by atoms with E-state index in [1.54, 1.807) is 35.2 Å². The van der Waals surface area contributed by atoms with Crippen LogP contribution in [-0.4, -0.2) is 29.9 Å². The van der Waals surface area contributed by atoms with Gasteiger partial charge in [-0.15, -0.1) is 0 Å². The summed E-state index contributed by atoms with van der Waals surface area (Å²) < 4.78 is 5.86. The Balaban J connectivity index is 1.86. The monoisotopic (exact) mass is 326 g/mol. The molecule has 0 bridgehead atoms. The van der Waals surface area contributed by atoms with Crippen LogP contribution in [0.4, 0.5) is 0 Å². The first-order valence-electron chi connectivity index (χ1n) is 7.90. The zero-order valence-corrected chi connectivity index (χ0v) is 13.1. The zero-order valence-electron chi connectivity index (χ0n) is 13.1. The van der Waals surface area contributed by atoms with Gasteiger partial charge in [0.25, 0.3) is 5.91 Å². The third-order valence-electron chi connectivity index (χ3n) is 4.00. The smallest absolute Gasteiger partial charge is 0.406 e. The molecule has 1 amide bonds. The number of aromatic nitrogens is 1. The number of amides is 1. The number of esters is 1. The summed E-state index contributed by atoms with van der Waals surface area (Å²) in [5.74, 6) is -1.06. The van der Waals surface area contributed by atoms with E-state index >= 15 is 0 Å². The molecule has 124 valence electrons. The van der Waals surface area contributed by atoms with Gasteiger partial charge in [0, 0.05) is 30.8 Å². The fourth-order valence-electron chi connectivity index (χ4n) is 2.75. The van der Waals surface area contributed by atoms with Crippen molar-refractivity contribution in [1.29, 1.82) is 0 Å². The summed E-state index contributed by atoms with van der Waals surface area (Å²) in [6, 6.07) is 13.3. The van der Waals surface area contributed by atoms with Gasteiger partial charge in [-0.25, -0.2) is 4.79 Å². The van der Waals surface area contributed by atoms with E-state index < -0.39 is 12.1 Å². The third kappa shape index (κ3) is 3.37. The van der Waals surface area contributed by atoms with Crippen LogP contribution in [0.1, 0.15) is 35.0 Å². The van der Waals surface area contributed by atoms with Crippen molar-refractivity contribution in [2.45, 2.75) is 18.9 Å². The first-order valence-corrected chi connectivity index (χ1v) is 7.90. The van der Waals surface area contributed by atoms with Crippen molar-refractivity contribution >= 4 is 11.9 Å². The van der Waals surface area contributed by atoms with Crippen LogP contribution >= 0.6 is 0 Å². The molecule has 2 aromatic rings. The lowest BCUT2D eigenvalue weighted by molar-refractivity contribution is -0.608. The van der Waals surface area contributed by atoms with E-state index in [4.69, 9.17) is 4.74 Å². The number of hydrogen-bond acceptors (Lipinski definition) is 4. The van der Waals surface area contributed by atoms with Crippen molar-refractivity contribution in [3.05, 3.63) is 71.2 Å². The summed E-state index contributed by atoms with van der Waals surface area (Å²) in [7, 11) is 0. The van der Waals surface area contributed by atoms with E-state index in [9.17, 15) is 14.8 Å². The van der Waals surface area contributed by atoms with Crippen LogP contribution < -0.4 is 4.73 Å². The van der Waals surface area contributed by atoms with E-state index in [2.05, 4.69) is 0 Å². The largest absolute Gasteiger partial charge is 0.618 e. The average molecular weight is 326 g/mol. The molecule has 6 nitrogen and oxygen atoms in total. The Morgan fingerprint density at radius 2 is 1.71 bits per heavy atom. The Morgan fingerprint density at radius 1 is 1.04 bits per heavy atom. The van der Waals surface area contributed by atoms with Gasteiger partial charge >= 0.3 is 11.7 Å². The maximum Gasteiger partial charge on any atom is 0.406 e. The zero-order chi connectivity index (χ0) is 16.9. The quantitative estimate of drug-likeness (QED) is 0.488. The minimum Gasteiger partial charge on any atom is -0.618 e. The number of rotatable bonds is 4. The summed E-state index contributed by atoms with van der Waals surface area (Å²) in [6.07, 6.45) is 2.06. The molecular weight excluding hydrogens is 308 g/mol. The Morgan fingerprint density at radius 3 is 2.38 bits per heavy atom. The van der Waals surface area contributed by atoms with Gasteiger partial charge in [0.05, 0.1) is 0 Å².